The Bertz CT molecular complexity index is 572. The van der Waals surface area contributed by atoms with Crippen molar-refractivity contribution in [2.24, 2.45) is 5.73 Å². The second-order valence-electron chi connectivity index (χ2n) is 5.55. The number of aryl methyl sites for hydroxylation is 1. The Morgan fingerprint density at radius 2 is 2.10 bits per heavy atom. The first-order chi connectivity index (χ1) is 9.88. The molecule has 6 nitrogen and oxygen atoms in total. The number of anilines is 1. The standard InChI is InChI=1S/C15H21N3O3/c1-9-6-12(7-13(10(9)2)14(19)20)17-15(21)18-5-3-4-11(16)8-18/h6-7,11H,3-5,8,16H2,1-2H3,(H,17,21)(H,19,20). The van der Waals surface area contributed by atoms with Crippen LogP contribution < -0.4 is 11.1 Å². The maximum absolute atomic E-state index is 12.2. The summed E-state index contributed by atoms with van der Waals surface area (Å²) in [5.74, 6) is -0.994. The summed E-state index contributed by atoms with van der Waals surface area (Å²) < 4.78 is 0. The Morgan fingerprint density at radius 3 is 2.71 bits per heavy atom. The Balaban J connectivity index is 2.15. The highest BCUT2D eigenvalue weighted by molar-refractivity contribution is 5.94. The van der Waals surface area contributed by atoms with E-state index in [1.165, 1.54) is 6.07 Å². The van der Waals surface area contributed by atoms with Gasteiger partial charge in [-0.25, -0.2) is 9.59 Å². The number of carbonyl (C=O) groups excluding carboxylic acids is 1. The average Bonchev–Trinajstić information content (AvgIpc) is 2.42. The number of hydrogen-bond acceptors (Lipinski definition) is 3. The Labute approximate surface area is 123 Å². The fourth-order valence-electron chi connectivity index (χ4n) is 2.55. The van der Waals surface area contributed by atoms with Crippen molar-refractivity contribution in [3.63, 3.8) is 0 Å². The van der Waals surface area contributed by atoms with Crippen molar-refractivity contribution in [3.8, 4) is 0 Å². The highest BCUT2D eigenvalue weighted by Gasteiger charge is 2.21. The van der Waals surface area contributed by atoms with E-state index in [1.54, 1.807) is 17.9 Å². The molecule has 2 rings (SSSR count). The van der Waals surface area contributed by atoms with Gasteiger partial charge in [-0.15, -0.1) is 0 Å². The van der Waals surface area contributed by atoms with Crippen LogP contribution in [0.3, 0.4) is 0 Å². The first kappa shape index (κ1) is 15.3. The van der Waals surface area contributed by atoms with Gasteiger partial charge in [0.05, 0.1) is 5.56 Å². The molecule has 4 N–H and O–H groups in total. The van der Waals surface area contributed by atoms with Crippen molar-refractivity contribution in [1.29, 1.82) is 0 Å². The number of nitrogens with one attached hydrogen (secondary N) is 1. The number of benzene rings is 1. The number of hydrogen-bond donors (Lipinski definition) is 3. The summed E-state index contributed by atoms with van der Waals surface area (Å²) in [6, 6.07) is 3.05. The SMILES string of the molecule is Cc1cc(NC(=O)N2CCCC(N)C2)cc(C(=O)O)c1C. The summed E-state index contributed by atoms with van der Waals surface area (Å²) in [6.45, 7) is 4.79. The van der Waals surface area contributed by atoms with Gasteiger partial charge in [0.15, 0.2) is 0 Å². The molecule has 1 heterocycles. The van der Waals surface area contributed by atoms with E-state index in [1.807, 2.05) is 6.92 Å². The maximum atomic E-state index is 12.2. The third kappa shape index (κ3) is 3.52. The summed E-state index contributed by atoms with van der Waals surface area (Å²) in [7, 11) is 0. The monoisotopic (exact) mass is 291 g/mol. The number of piperidine rings is 1. The molecule has 1 aromatic rings. The van der Waals surface area contributed by atoms with Crippen molar-refractivity contribution in [2.75, 3.05) is 18.4 Å². The van der Waals surface area contributed by atoms with E-state index in [0.29, 0.717) is 24.3 Å². The maximum Gasteiger partial charge on any atom is 0.336 e. The Hall–Kier alpha value is -2.08. The first-order valence-electron chi connectivity index (χ1n) is 7.04. The molecular formula is C15H21N3O3. The number of aromatic carboxylic acids is 1. The second kappa shape index (κ2) is 6.13. The first-order valence-corrected chi connectivity index (χ1v) is 7.04. The highest BCUT2D eigenvalue weighted by atomic mass is 16.4. The lowest BCUT2D eigenvalue weighted by Crippen LogP contribution is -2.47. The Morgan fingerprint density at radius 1 is 1.38 bits per heavy atom. The molecule has 1 unspecified atom stereocenters. The van der Waals surface area contributed by atoms with E-state index in [-0.39, 0.29) is 17.6 Å². The zero-order chi connectivity index (χ0) is 15.6. The molecule has 1 aromatic carbocycles. The molecule has 1 aliphatic heterocycles. The topological polar surface area (TPSA) is 95.7 Å². The lowest BCUT2D eigenvalue weighted by Gasteiger charge is -2.30. The average molecular weight is 291 g/mol. The van der Waals surface area contributed by atoms with Crippen LogP contribution in [0, 0.1) is 13.8 Å². The minimum absolute atomic E-state index is 0.0128. The van der Waals surface area contributed by atoms with Crippen LogP contribution in [0.15, 0.2) is 12.1 Å². The summed E-state index contributed by atoms with van der Waals surface area (Å²) in [4.78, 5) is 25.1. The van der Waals surface area contributed by atoms with Gasteiger partial charge in [0, 0.05) is 24.8 Å². The van der Waals surface area contributed by atoms with Crippen LogP contribution in [0.2, 0.25) is 0 Å². The molecule has 114 valence electrons. The van der Waals surface area contributed by atoms with E-state index in [0.717, 1.165) is 18.4 Å². The van der Waals surface area contributed by atoms with Crippen LogP contribution in [0.25, 0.3) is 0 Å². The minimum atomic E-state index is -0.994. The molecule has 1 aliphatic rings. The van der Waals surface area contributed by atoms with Crippen LogP contribution in [-0.2, 0) is 0 Å². The van der Waals surface area contributed by atoms with Crippen molar-refractivity contribution in [3.05, 3.63) is 28.8 Å². The molecular weight excluding hydrogens is 270 g/mol. The fourth-order valence-corrected chi connectivity index (χ4v) is 2.55. The summed E-state index contributed by atoms with van der Waals surface area (Å²) in [6.07, 6.45) is 1.82. The van der Waals surface area contributed by atoms with Gasteiger partial charge in [0.25, 0.3) is 0 Å². The van der Waals surface area contributed by atoms with Gasteiger partial charge in [-0.3, -0.25) is 0 Å². The van der Waals surface area contributed by atoms with Gasteiger partial charge >= 0.3 is 12.0 Å². The molecule has 2 amide bonds. The fraction of sp³-hybridized carbons (Fsp3) is 0.467. The summed E-state index contributed by atoms with van der Waals surface area (Å²) in [5, 5.41) is 12.0. The predicted molar refractivity (Wildman–Crippen MR) is 80.7 cm³/mol. The highest BCUT2D eigenvalue weighted by Crippen LogP contribution is 2.21. The zero-order valence-corrected chi connectivity index (χ0v) is 12.3. The largest absolute Gasteiger partial charge is 0.478 e. The number of rotatable bonds is 2. The van der Waals surface area contributed by atoms with Crippen molar-refractivity contribution in [2.45, 2.75) is 32.7 Å². The molecule has 0 radical (unpaired) electrons. The number of carbonyl (C=O) groups is 2. The second-order valence-corrected chi connectivity index (χ2v) is 5.55. The third-order valence-electron chi connectivity index (χ3n) is 3.89. The van der Waals surface area contributed by atoms with Gasteiger partial charge in [-0.2, -0.15) is 0 Å². The zero-order valence-electron chi connectivity index (χ0n) is 12.3. The van der Waals surface area contributed by atoms with Crippen molar-refractivity contribution >= 4 is 17.7 Å². The van der Waals surface area contributed by atoms with Gasteiger partial charge < -0.3 is 21.1 Å². The van der Waals surface area contributed by atoms with Gasteiger partial charge in [-0.05, 0) is 49.9 Å². The third-order valence-corrected chi connectivity index (χ3v) is 3.89. The van der Waals surface area contributed by atoms with Gasteiger partial charge in [0.2, 0.25) is 0 Å². The number of urea groups is 1. The molecule has 6 heteroatoms. The van der Waals surface area contributed by atoms with E-state index in [2.05, 4.69) is 5.32 Å². The van der Waals surface area contributed by atoms with Crippen LogP contribution in [0.4, 0.5) is 10.5 Å². The number of nitrogens with two attached hydrogens (primary N) is 1. The van der Waals surface area contributed by atoms with E-state index >= 15 is 0 Å². The quantitative estimate of drug-likeness (QED) is 0.776. The lowest BCUT2D eigenvalue weighted by atomic mass is 10.0. The van der Waals surface area contributed by atoms with Crippen LogP contribution in [0.5, 0.6) is 0 Å². The molecule has 21 heavy (non-hydrogen) atoms. The normalized spacial score (nSPS) is 18.4. The molecule has 0 saturated carbocycles. The van der Waals surface area contributed by atoms with Crippen LogP contribution in [0.1, 0.15) is 34.3 Å². The molecule has 1 atom stereocenters. The molecule has 1 fully saturated rings. The molecule has 0 aromatic heterocycles. The van der Waals surface area contributed by atoms with Crippen molar-refractivity contribution in [1.82, 2.24) is 4.90 Å². The summed E-state index contributed by atoms with van der Waals surface area (Å²) in [5.41, 5.74) is 8.12. The number of carboxylic acid groups (broad SMARTS) is 1. The van der Waals surface area contributed by atoms with Gasteiger partial charge in [0.1, 0.15) is 0 Å². The van der Waals surface area contributed by atoms with E-state index < -0.39 is 5.97 Å². The number of likely N-dealkylation sites (tertiary alicyclic amines) is 1. The molecule has 0 aliphatic carbocycles. The number of nitrogens with zero attached hydrogens (tertiary/aromatic N) is 1. The lowest BCUT2D eigenvalue weighted by molar-refractivity contribution is 0.0696. The number of amides is 2. The van der Waals surface area contributed by atoms with E-state index in [9.17, 15) is 14.7 Å². The minimum Gasteiger partial charge on any atom is -0.478 e. The predicted octanol–water partition coefficient (Wildman–Crippen LogP) is 1.96. The Kier molecular flexibility index (Phi) is 4.47. The van der Waals surface area contributed by atoms with E-state index in [4.69, 9.17) is 5.73 Å². The molecule has 1 saturated heterocycles. The molecule has 0 spiro atoms. The summed E-state index contributed by atoms with van der Waals surface area (Å²) >= 11 is 0. The smallest absolute Gasteiger partial charge is 0.336 e. The van der Waals surface area contributed by atoms with Gasteiger partial charge in [-0.1, -0.05) is 0 Å². The van der Waals surface area contributed by atoms with Crippen molar-refractivity contribution < 1.29 is 14.7 Å². The number of carboxylic acids is 1. The van der Waals surface area contributed by atoms with Crippen LogP contribution in [-0.4, -0.2) is 41.1 Å². The molecule has 0 bridgehead atoms. The van der Waals surface area contributed by atoms with Crippen LogP contribution >= 0.6 is 0 Å².